The van der Waals surface area contributed by atoms with Crippen molar-refractivity contribution in [3.63, 3.8) is 0 Å². The number of halogens is 4. The molecule has 0 saturated carbocycles. The van der Waals surface area contributed by atoms with Crippen molar-refractivity contribution in [3.05, 3.63) is 34.9 Å². The van der Waals surface area contributed by atoms with Gasteiger partial charge >= 0.3 is 12.1 Å². The monoisotopic (exact) mass is 281 g/mol. The topological polar surface area (TPSA) is 40.5 Å². The van der Waals surface area contributed by atoms with Crippen LogP contribution >= 0.6 is 11.6 Å². The Morgan fingerprint density at radius 3 is 2.44 bits per heavy atom. The molecule has 18 heavy (non-hydrogen) atoms. The molecule has 0 spiro atoms. The fourth-order valence-electron chi connectivity index (χ4n) is 1.48. The van der Waals surface area contributed by atoms with Crippen LogP contribution in [0.1, 0.15) is 5.56 Å². The van der Waals surface area contributed by atoms with Gasteiger partial charge in [-0.1, -0.05) is 29.8 Å². The molecule has 0 aliphatic heterocycles. The Morgan fingerprint density at radius 1 is 1.33 bits per heavy atom. The molecule has 1 rings (SSSR count). The first-order chi connectivity index (χ1) is 8.28. The van der Waals surface area contributed by atoms with Gasteiger partial charge in [0.2, 0.25) is 0 Å². The van der Waals surface area contributed by atoms with Crippen LogP contribution in [0, 0.1) is 0 Å². The molecule has 0 bridgehead atoms. The number of carboxylic acids is 1. The predicted octanol–water partition coefficient (Wildman–Crippen LogP) is 2.79. The number of carboxylic acid groups (broad SMARTS) is 1. The molecule has 0 unspecified atom stereocenters. The lowest BCUT2D eigenvalue weighted by molar-refractivity contribution is -0.154. The molecule has 0 aliphatic rings. The molecule has 1 N–H and O–H groups in total. The summed E-state index contributed by atoms with van der Waals surface area (Å²) in [6.45, 7) is -2.14. The molecule has 0 radical (unpaired) electrons. The zero-order valence-electron chi connectivity index (χ0n) is 9.25. The van der Waals surface area contributed by atoms with E-state index in [1.165, 1.54) is 0 Å². The van der Waals surface area contributed by atoms with E-state index in [1.54, 1.807) is 24.3 Å². The van der Waals surface area contributed by atoms with Gasteiger partial charge in [0, 0.05) is 11.6 Å². The molecule has 0 heterocycles. The Labute approximate surface area is 107 Å². The highest BCUT2D eigenvalue weighted by molar-refractivity contribution is 6.31. The summed E-state index contributed by atoms with van der Waals surface area (Å²) in [5.41, 5.74) is 0.463. The molecule has 0 fully saturated rings. The van der Waals surface area contributed by atoms with Gasteiger partial charge in [0.15, 0.2) is 0 Å². The predicted molar refractivity (Wildman–Crippen MR) is 60.4 cm³/mol. The fraction of sp³-hybridized carbons (Fsp3) is 0.364. The Bertz CT molecular complexity index is 423. The van der Waals surface area contributed by atoms with Gasteiger partial charge in [0.25, 0.3) is 0 Å². The van der Waals surface area contributed by atoms with Crippen LogP contribution in [0.15, 0.2) is 24.3 Å². The Hall–Kier alpha value is -1.27. The first-order valence-electron chi connectivity index (χ1n) is 5.02. The first kappa shape index (κ1) is 14.8. The standard InChI is InChI=1S/C11H11ClF3NO2/c12-9-4-2-1-3-8(9)5-16(6-10(17)18)7-11(13,14)15/h1-4H,5-7H2,(H,17,18). The van der Waals surface area contributed by atoms with Gasteiger partial charge in [-0.25, -0.2) is 0 Å². The summed E-state index contributed by atoms with van der Waals surface area (Å²) in [5, 5.41) is 8.90. The second kappa shape index (κ2) is 6.06. The van der Waals surface area contributed by atoms with E-state index in [2.05, 4.69) is 0 Å². The van der Waals surface area contributed by atoms with Gasteiger partial charge in [0.05, 0.1) is 13.1 Å². The summed E-state index contributed by atoms with van der Waals surface area (Å²) in [4.78, 5) is 11.3. The lowest BCUT2D eigenvalue weighted by atomic mass is 10.2. The third kappa shape index (κ3) is 5.37. The summed E-state index contributed by atoms with van der Waals surface area (Å²) >= 11 is 5.82. The van der Waals surface area contributed by atoms with Crippen LogP contribution in [-0.4, -0.2) is 35.2 Å². The van der Waals surface area contributed by atoms with Crippen LogP contribution in [0.5, 0.6) is 0 Å². The molecular weight excluding hydrogens is 271 g/mol. The van der Waals surface area contributed by atoms with Crippen molar-refractivity contribution >= 4 is 17.6 Å². The average Bonchev–Trinajstić information content (AvgIpc) is 2.17. The molecule has 7 heteroatoms. The minimum absolute atomic E-state index is 0.161. The van der Waals surface area contributed by atoms with Crippen LogP contribution < -0.4 is 0 Å². The Balaban J connectivity index is 2.78. The molecule has 0 aromatic heterocycles. The number of benzene rings is 1. The van der Waals surface area contributed by atoms with E-state index >= 15 is 0 Å². The number of alkyl halides is 3. The maximum Gasteiger partial charge on any atom is 0.401 e. The molecule has 0 amide bonds. The van der Waals surface area contributed by atoms with Crippen LogP contribution in [0.4, 0.5) is 13.2 Å². The van der Waals surface area contributed by atoms with E-state index in [-0.39, 0.29) is 6.54 Å². The third-order valence-corrected chi connectivity index (χ3v) is 2.48. The molecule has 1 aromatic carbocycles. The molecular formula is C11H11ClF3NO2. The van der Waals surface area contributed by atoms with Gasteiger partial charge in [-0.05, 0) is 11.6 Å². The summed E-state index contributed by atoms with van der Waals surface area (Å²) in [6, 6.07) is 6.39. The van der Waals surface area contributed by atoms with Crippen molar-refractivity contribution in [2.24, 2.45) is 0 Å². The molecule has 0 aliphatic carbocycles. The van der Waals surface area contributed by atoms with Crippen molar-refractivity contribution in [2.45, 2.75) is 12.7 Å². The van der Waals surface area contributed by atoms with Crippen molar-refractivity contribution in [3.8, 4) is 0 Å². The lowest BCUT2D eigenvalue weighted by Crippen LogP contribution is -2.37. The largest absolute Gasteiger partial charge is 0.480 e. The third-order valence-electron chi connectivity index (χ3n) is 2.11. The summed E-state index contributed by atoms with van der Waals surface area (Å²) < 4.78 is 36.9. The van der Waals surface area contributed by atoms with Crippen LogP contribution in [0.2, 0.25) is 5.02 Å². The number of nitrogens with zero attached hydrogens (tertiary/aromatic N) is 1. The Morgan fingerprint density at radius 2 is 1.94 bits per heavy atom. The van der Waals surface area contributed by atoms with Gasteiger partial charge in [-0.3, -0.25) is 9.69 Å². The van der Waals surface area contributed by atoms with Gasteiger partial charge in [0.1, 0.15) is 0 Å². The van der Waals surface area contributed by atoms with E-state index in [0.29, 0.717) is 10.6 Å². The van der Waals surface area contributed by atoms with Crippen molar-refractivity contribution in [1.82, 2.24) is 4.90 Å². The second-order valence-corrected chi connectivity index (χ2v) is 4.15. The quantitative estimate of drug-likeness (QED) is 0.902. The first-order valence-corrected chi connectivity index (χ1v) is 5.40. The molecule has 0 atom stereocenters. The van der Waals surface area contributed by atoms with E-state index in [9.17, 15) is 18.0 Å². The summed E-state index contributed by atoms with van der Waals surface area (Å²) in [7, 11) is 0. The molecule has 100 valence electrons. The minimum Gasteiger partial charge on any atom is -0.480 e. The smallest absolute Gasteiger partial charge is 0.401 e. The van der Waals surface area contributed by atoms with E-state index < -0.39 is 25.2 Å². The maximum absolute atomic E-state index is 12.3. The highest BCUT2D eigenvalue weighted by Gasteiger charge is 2.31. The fourth-order valence-corrected chi connectivity index (χ4v) is 1.68. The molecule has 0 saturated heterocycles. The van der Waals surface area contributed by atoms with Gasteiger partial charge in [-0.15, -0.1) is 0 Å². The van der Waals surface area contributed by atoms with Gasteiger partial charge < -0.3 is 5.11 Å². The number of hydrogen-bond donors (Lipinski definition) is 1. The number of rotatable bonds is 5. The second-order valence-electron chi connectivity index (χ2n) is 3.75. The van der Waals surface area contributed by atoms with Crippen LogP contribution in [-0.2, 0) is 11.3 Å². The zero-order valence-corrected chi connectivity index (χ0v) is 10.0. The highest BCUT2D eigenvalue weighted by atomic mass is 35.5. The number of hydrogen-bond acceptors (Lipinski definition) is 2. The van der Waals surface area contributed by atoms with Crippen molar-refractivity contribution in [1.29, 1.82) is 0 Å². The lowest BCUT2D eigenvalue weighted by Gasteiger charge is -2.22. The molecule has 3 nitrogen and oxygen atoms in total. The highest BCUT2D eigenvalue weighted by Crippen LogP contribution is 2.21. The zero-order chi connectivity index (χ0) is 13.8. The molecule has 1 aromatic rings. The SMILES string of the molecule is O=C(O)CN(Cc1ccccc1Cl)CC(F)(F)F. The average molecular weight is 282 g/mol. The maximum atomic E-state index is 12.3. The minimum atomic E-state index is -4.45. The van der Waals surface area contributed by atoms with Crippen LogP contribution in [0.3, 0.4) is 0 Å². The van der Waals surface area contributed by atoms with Crippen molar-refractivity contribution in [2.75, 3.05) is 13.1 Å². The summed E-state index contributed by atoms with van der Waals surface area (Å²) in [5.74, 6) is -1.31. The summed E-state index contributed by atoms with van der Waals surface area (Å²) in [6.07, 6.45) is -4.45. The van der Waals surface area contributed by atoms with E-state index in [4.69, 9.17) is 16.7 Å². The number of carbonyl (C=O) groups is 1. The van der Waals surface area contributed by atoms with Crippen molar-refractivity contribution < 1.29 is 23.1 Å². The number of aliphatic carboxylic acids is 1. The van der Waals surface area contributed by atoms with E-state index in [1.807, 2.05) is 0 Å². The normalized spacial score (nSPS) is 11.8. The van der Waals surface area contributed by atoms with Crippen LogP contribution in [0.25, 0.3) is 0 Å². The van der Waals surface area contributed by atoms with E-state index in [0.717, 1.165) is 4.90 Å². The Kier molecular flexibility index (Phi) is 4.98. The van der Waals surface area contributed by atoms with Gasteiger partial charge in [-0.2, -0.15) is 13.2 Å².